The quantitative estimate of drug-likeness (QED) is 0.636. The van der Waals surface area contributed by atoms with E-state index in [9.17, 15) is 44.7 Å². The van der Waals surface area contributed by atoms with Crippen LogP contribution in [0.3, 0.4) is 0 Å². The van der Waals surface area contributed by atoms with Gasteiger partial charge in [-0.05, 0) is 48.5 Å². The Kier molecular flexibility index (Phi) is 5.21. The largest absolute Gasteiger partial charge is 0.423 e. The number of amidine groups is 2. The van der Waals surface area contributed by atoms with E-state index in [0.717, 1.165) is 48.5 Å². The molecule has 2 aromatic carbocycles. The highest BCUT2D eigenvalue weighted by Crippen LogP contribution is 2.53. The minimum Gasteiger partial charge on any atom is -0.277 e. The molecule has 0 spiro atoms. The van der Waals surface area contributed by atoms with Crippen LogP contribution in [0.25, 0.3) is 0 Å². The first kappa shape index (κ1) is 23.3. The molecule has 0 radical (unpaired) electrons. The Balaban J connectivity index is 2.05. The Hall–Kier alpha value is -3.84. The maximum absolute atomic E-state index is 14.2. The molecule has 1 fully saturated rings. The van der Waals surface area contributed by atoms with E-state index in [2.05, 4.69) is 9.98 Å². The van der Waals surface area contributed by atoms with Crippen LogP contribution in [-0.4, -0.2) is 41.5 Å². The van der Waals surface area contributed by atoms with Gasteiger partial charge in [0.15, 0.2) is 5.84 Å². The molecule has 0 aromatic heterocycles. The van der Waals surface area contributed by atoms with E-state index in [4.69, 9.17) is 0 Å². The normalized spacial score (nSPS) is 20.4. The number of amides is 3. The van der Waals surface area contributed by atoms with E-state index in [1.54, 1.807) is 0 Å². The average Bonchev–Trinajstić information content (AvgIpc) is 2.73. The molecule has 14 heteroatoms. The van der Waals surface area contributed by atoms with E-state index in [1.807, 2.05) is 0 Å². The third kappa shape index (κ3) is 3.49. The zero-order chi connectivity index (χ0) is 25.1. The molecule has 2 aromatic rings. The van der Waals surface area contributed by atoms with Gasteiger partial charge in [0.05, 0.1) is 5.69 Å². The summed E-state index contributed by atoms with van der Waals surface area (Å²) >= 11 is 0. The lowest BCUT2D eigenvalue weighted by molar-refractivity contribution is -0.302. The number of alkyl halides is 6. The number of imide groups is 1. The molecule has 2 heterocycles. The number of anilines is 1. The van der Waals surface area contributed by atoms with Crippen molar-refractivity contribution in [3.8, 4) is 0 Å². The number of fused-ring (bicyclic) bond motifs is 1. The fourth-order valence-electron chi connectivity index (χ4n) is 3.62. The van der Waals surface area contributed by atoms with Crippen LogP contribution in [0.1, 0.15) is 5.56 Å². The highest BCUT2D eigenvalue weighted by atomic mass is 19.4. The average molecular weight is 490 g/mol. The van der Waals surface area contributed by atoms with Gasteiger partial charge in [-0.2, -0.15) is 26.3 Å². The molecule has 34 heavy (non-hydrogen) atoms. The van der Waals surface area contributed by atoms with Gasteiger partial charge in [-0.15, -0.1) is 0 Å². The Labute approximate surface area is 184 Å². The van der Waals surface area contributed by atoms with Crippen molar-refractivity contribution in [1.29, 1.82) is 0 Å². The van der Waals surface area contributed by atoms with Gasteiger partial charge in [0.1, 0.15) is 23.4 Å². The topological polar surface area (TPSA) is 74.1 Å². The van der Waals surface area contributed by atoms with Crippen molar-refractivity contribution >= 4 is 29.3 Å². The number of nitrogens with one attached hydrogen (secondary N) is 1. The number of aliphatic imine (C=N–C) groups is 2. The second-order valence-electron chi connectivity index (χ2n) is 7.21. The summed E-state index contributed by atoms with van der Waals surface area (Å²) < 4.78 is 112. The van der Waals surface area contributed by atoms with E-state index in [-0.39, 0.29) is 5.69 Å². The standard InChI is InChI=1S/C20H10F8N4O2/c21-10-3-1-9(2-4-10)14-29-15-13(18(31-14,19(23,24)25)20(26,27)28)16(33)30-17(34)32(15)12-7-5-11(22)6-8-12/h1-8,13H,(H,30,33,34). The van der Waals surface area contributed by atoms with Gasteiger partial charge >= 0.3 is 18.4 Å². The van der Waals surface area contributed by atoms with Gasteiger partial charge in [0.25, 0.3) is 5.54 Å². The van der Waals surface area contributed by atoms with Crippen molar-refractivity contribution in [2.75, 3.05) is 4.90 Å². The number of urea groups is 1. The molecule has 3 amide bonds. The number of carbonyl (C=O) groups excluding carboxylic acids is 2. The maximum Gasteiger partial charge on any atom is 0.423 e. The predicted molar refractivity (Wildman–Crippen MR) is 101 cm³/mol. The molecule has 178 valence electrons. The molecule has 1 N–H and O–H groups in total. The van der Waals surface area contributed by atoms with E-state index in [0.29, 0.717) is 4.90 Å². The molecule has 0 bridgehead atoms. The van der Waals surface area contributed by atoms with Crippen molar-refractivity contribution in [1.82, 2.24) is 5.32 Å². The van der Waals surface area contributed by atoms with Gasteiger partial charge in [-0.3, -0.25) is 10.1 Å². The summed E-state index contributed by atoms with van der Waals surface area (Å²) in [5, 5.41) is 1.46. The molecule has 1 atom stereocenters. The first-order chi connectivity index (χ1) is 15.8. The van der Waals surface area contributed by atoms with Crippen LogP contribution in [0.15, 0.2) is 58.5 Å². The molecule has 4 rings (SSSR count). The summed E-state index contributed by atoms with van der Waals surface area (Å²) in [6, 6.07) is 5.16. The predicted octanol–water partition coefficient (Wildman–Crippen LogP) is 4.36. The third-order valence-corrected chi connectivity index (χ3v) is 5.15. The van der Waals surface area contributed by atoms with Gasteiger partial charge in [0.2, 0.25) is 5.91 Å². The highest BCUT2D eigenvalue weighted by molar-refractivity contribution is 6.33. The van der Waals surface area contributed by atoms with Gasteiger partial charge in [-0.25, -0.2) is 28.5 Å². The van der Waals surface area contributed by atoms with Crippen molar-refractivity contribution in [3.05, 3.63) is 65.7 Å². The summed E-state index contributed by atoms with van der Waals surface area (Å²) in [6.45, 7) is 0. The molecule has 6 nitrogen and oxygen atoms in total. The Morgan fingerprint density at radius 3 is 1.82 bits per heavy atom. The van der Waals surface area contributed by atoms with Gasteiger partial charge in [0, 0.05) is 5.56 Å². The van der Waals surface area contributed by atoms with E-state index in [1.165, 1.54) is 5.32 Å². The lowest BCUT2D eigenvalue weighted by atomic mass is 9.78. The lowest BCUT2D eigenvalue weighted by Crippen LogP contribution is -2.73. The van der Waals surface area contributed by atoms with Crippen molar-refractivity contribution in [2.24, 2.45) is 15.9 Å². The summed E-state index contributed by atoms with van der Waals surface area (Å²) in [7, 11) is 0. The number of carbonyl (C=O) groups is 2. The highest BCUT2D eigenvalue weighted by Gasteiger charge is 2.79. The Morgan fingerprint density at radius 1 is 0.824 bits per heavy atom. The third-order valence-electron chi connectivity index (χ3n) is 5.15. The smallest absolute Gasteiger partial charge is 0.277 e. The fourth-order valence-corrected chi connectivity index (χ4v) is 3.62. The molecule has 0 saturated carbocycles. The van der Waals surface area contributed by atoms with Crippen LogP contribution < -0.4 is 10.2 Å². The zero-order valence-corrected chi connectivity index (χ0v) is 16.4. The number of hydrogen-bond donors (Lipinski definition) is 1. The number of hydrogen-bond acceptors (Lipinski definition) is 4. The summed E-state index contributed by atoms with van der Waals surface area (Å²) in [5.74, 6) is -9.12. The van der Waals surface area contributed by atoms with Crippen LogP contribution in [0.5, 0.6) is 0 Å². The molecule has 2 aliphatic rings. The zero-order valence-electron chi connectivity index (χ0n) is 16.4. The summed E-state index contributed by atoms with van der Waals surface area (Å²) in [5.41, 5.74) is -5.85. The SMILES string of the molecule is O=C1NC(=O)N(c2ccc(F)cc2)C2=NC(c3ccc(F)cc3)=NC(C(F)(F)F)(C(F)(F)F)C12. The van der Waals surface area contributed by atoms with Crippen LogP contribution in [-0.2, 0) is 4.79 Å². The maximum atomic E-state index is 14.2. The van der Waals surface area contributed by atoms with Gasteiger partial charge in [-0.1, -0.05) is 0 Å². The van der Waals surface area contributed by atoms with Crippen molar-refractivity contribution in [2.45, 2.75) is 17.9 Å². The molecular formula is C20H10F8N4O2. The Bertz CT molecular complexity index is 1200. The molecular weight excluding hydrogens is 480 g/mol. The minimum atomic E-state index is -6.19. The van der Waals surface area contributed by atoms with Crippen LogP contribution in [0, 0.1) is 17.6 Å². The summed E-state index contributed by atoms with van der Waals surface area (Å²) in [4.78, 5) is 31.8. The molecule has 2 aliphatic heterocycles. The van der Waals surface area contributed by atoms with E-state index < -0.39 is 64.6 Å². The van der Waals surface area contributed by atoms with Crippen molar-refractivity contribution in [3.63, 3.8) is 0 Å². The summed E-state index contributed by atoms with van der Waals surface area (Å²) in [6.07, 6.45) is -12.4. The van der Waals surface area contributed by atoms with E-state index >= 15 is 0 Å². The monoisotopic (exact) mass is 490 g/mol. The minimum absolute atomic E-state index is 0.302. The van der Waals surface area contributed by atoms with Gasteiger partial charge < -0.3 is 0 Å². The first-order valence-corrected chi connectivity index (χ1v) is 9.24. The second-order valence-corrected chi connectivity index (χ2v) is 7.21. The number of nitrogens with zero attached hydrogens (tertiary/aromatic N) is 3. The lowest BCUT2D eigenvalue weighted by Gasteiger charge is -2.45. The molecule has 1 saturated heterocycles. The second kappa shape index (κ2) is 7.60. The fraction of sp³-hybridized carbons (Fsp3) is 0.200. The van der Waals surface area contributed by atoms with Crippen molar-refractivity contribution < 1.29 is 44.7 Å². The number of halogens is 8. The molecule has 0 aliphatic carbocycles. The number of benzene rings is 2. The van der Waals surface area contributed by atoms with Crippen LogP contribution in [0.2, 0.25) is 0 Å². The Morgan fingerprint density at radius 2 is 1.32 bits per heavy atom. The number of rotatable bonds is 2. The molecule has 1 unspecified atom stereocenters. The first-order valence-electron chi connectivity index (χ1n) is 9.24. The van der Waals surface area contributed by atoms with Crippen LogP contribution >= 0.6 is 0 Å². The van der Waals surface area contributed by atoms with Crippen LogP contribution in [0.4, 0.5) is 45.6 Å².